The number of benzene rings is 3. The molecule has 0 saturated carbocycles. The molecular weight excluding hydrogens is 476 g/mol. The summed E-state index contributed by atoms with van der Waals surface area (Å²) in [5, 5.41) is 16.8. The second-order valence-corrected chi connectivity index (χ2v) is 9.17. The maximum atomic E-state index is 13.2. The van der Waals surface area contributed by atoms with Gasteiger partial charge in [0.05, 0.1) is 21.7 Å². The molecule has 0 aromatic heterocycles. The van der Waals surface area contributed by atoms with Crippen LogP contribution in [0.25, 0.3) is 0 Å². The number of non-ortho nitro benzene ring substituents is 1. The average molecular weight is 497 g/mol. The zero-order chi connectivity index (χ0) is 25.3. The molecule has 35 heavy (non-hydrogen) atoms. The molecule has 0 unspecified atom stereocenters. The summed E-state index contributed by atoms with van der Waals surface area (Å²) in [7, 11) is -4.78. The number of fused-ring (bicyclic) bond motifs is 2. The Morgan fingerprint density at radius 3 is 2.06 bits per heavy atom. The Hall–Kier alpha value is -4.29. The fourth-order valence-corrected chi connectivity index (χ4v) is 4.54. The molecule has 3 aromatic rings. The van der Waals surface area contributed by atoms with Crippen molar-refractivity contribution in [2.45, 2.75) is 11.3 Å². The van der Waals surface area contributed by atoms with Crippen molar-refractivity contribution in [3.63, 3.8) is 0 Å². The molecule has 12 heteroatoms. The Labute approximate surface area is 199 Å². The van der Waals surface area contributed by atoms with Gasteiger partial charge in [-0.3, -0.25) is 24.3 Å². The van der Waals surface area contributed by atoms with Crippen molar-refractivity contribution >= 4 is 44.4 Å². The van der Waals surface area contributed by atoms with Gasteiger partial charge in [-0.2, -0.15) is 8.42 Å². The summed E-state index contributed by atoms with van der Waals surface area (Å²) >= 11 is 0. The summed E-state index contributed by atoms with van der Waals surface area (Å²) in [5.41, 5.74) is 6.12. The molecule has 180 valence electrons. The highest BCUT2D eigenvalue weighted by Gasteiger charge is 2.36. The topological polar surface area (TPSA) is 182 Å². The summed E-state index contributed by atoms with van der Waals surface area (Å²) < 4.78 is 33.5. The minimum Gasteiger partial charge on any atom is -0.397 e. The van der Waals surface area contributed by atoms with Gasteiger partial charge < -0.3 is 16.4 Å². The lowest BCUT2D eigenvalue weighted by Gasteiger charge is -2.23. The standard InChI is InChI=1S/C23H20N4O7S/c24-21-18(35(32,33)34)12-17(19-20(21)23(29)16-5-2-1-4-15(16)22(19)28)26-11-3-10-25-13-6-8-14(9-7-13)27(30)31/h1-2,4-9,12,25-26H,3,10-11,24H2,(H,32,33,34). The number of hydrogen-bond donors (Lipinski definition) is 4. The number of hydrogen-bond acceptors (Lipinski definition) is 9. The number of nitrogens with one attached hydrogen (secondary N) is 2. The maximum Gasteiger partial charge on any atom is 0.296 e. The van der Waals surface area contributed by atoms with Gasteiger partial charge in [-0.25, -0.2) is 0 Å². The normalized spacial score (nSPS) is 12.6. The second-order valence-electron chi connectivity index (χ2n) is 7.78. The summed E-state index contributed by atoms with van der Waals surface area (Å²) in [4.78, 5) is 35.9. The monoisotopic (exact) mass is 496 g/mol. The molecule has 5 N–H and O–H groups in total. The quantitative estimate of drug-likeness (QED) is 0.0929. The van der Waals surface area contributed by atoms with Gasteiger partial charge in [0.1, 0.15) is 4.90 Å². The first-order valence-corrected chi connectivity index (χ1v) is 11.9. The van der Waals surface area contributed by atoms with E-state index in [1.54, 1.807) is 24.3 Å². The number of nitrogens with two attached hydrogens (primary N) is 1. The number of carbonyl (C=O) groups excluding carboxylic acids is 2. The van der Waals surface area contributed by atoms with E-state index in [0.29, 0.717) is 18.7 Å². The number of nitro benzene ring substituents is 1. The SMILES string of the molecule is Nc1c(S(=O)(=O)O)cc(NCCCNc2ccc([N+](=O)[O-])cc2)c2c1C(=O)c1ccccc1C2=O. The minimum atomic E-state index is -4.78. The van der Waals surface area contributed by atoms with Crippen molar-refractivity contribution in [1.82, 2.24) is 0 Å². The van der Waals surface area contributed by atoms with Gasteiger partial charge in [-0.15, -0.1) is 0 Å². The van der Waals surface area contributed by atoms with E-state index < -0.39 is 37.2 Å². The van der Waals surface area contributed by atoms with Crippen LogP contribution in [0.2, 0.25) is 0 Å². The van der Waals surface area contributed by atoms with Crippen molar-refractivity contribution in [1.29, 1.82) is 0 Å². The van der Waals surface area contributed by atoms with Gasteiger partial charge in [0.2, 0.25) is 0 Å². The van der Waals surface area contributed by atoms with Gasteiger partial charge in [-0.1, -0.05) is 24.3 Å². The van der Waals surface area contributed by atoms with Gasteiger partial charge in [0.25, 0.3) is 15.8 Å². The summed E-state index contributed by atoms with van der Waals surface area (Å²) in [6.07, 6.45) is 0.496. The van der Waals surface area contributed by atoms with Crippen LogP contribution in [0.15, 0.2) is 59.5 Å². The van der Waals surface area contributed by atoms with Gasteiger partial charge in [0, 0.05) is 47.7 Å². The van der Waals surface area contributed by atoms with E-state index >= 15 is 0 Å². The largest absolute Gasteiger partial charge is 0.397 e. The Morgan fingerprint density at radius 1 is 0.914 bits per heavy atom. The van der Waals surface area contributed by atoms with E-state index in [4.69, 9.17) is 5.73 Å². The molecule has 1 aliphatic rings. The van der Waals surface area contributed by atoms with Crippen LogP contribution in [0.5, 0.6) is 0 Å². The van der Waals surface area contributed by atoms with Crippen molar-refractivity contribution in [2.24, 2.45) is 0 Å². The second kappa shape index (κ2) is 9.16. The van der Waals surface area contributed by atoms with Gasteiger partial charge in [-0.05, 0) is 24.6 Å². The fraction of sp³-hybridized carbons (Fsp3) is 0.130. The molecule has 4 rings (SSSR count). The lowest BCUT2D eigenvalue weighted by Crippen LogP contribution is -2.25. The van der Waals surface area contributed by atoms with Crippen LogP contribution in [0.4, 0.5) is 22.7 Å². The Bertz CT molecular complexity index is 1470. The third-order valence-electron chi connectivity index (χ3n) is 5.55. The predicted molar refractivity (Wildman–Crippen MR) is 129 cm³/mol. The fourth-order valence-electron chi connectivity index (χ4n) is 3.89. The highest BCUT2D eigenvalue weighted by molar-refractivity contribution is 7.86. The van der Waals surface area contributed by atoms with Crippen LogP contribution in [0.1, 0.15) is 38.3 Å². The van der Waals surface area contributed by atoms with E-state index in [-0.39, 0.29) is 40.2 Å². The number of carbonyl (C=O) groups is 2. The van der Waals surface area contributed by atoms with E-state index in [1.165, 1.54) is 24.3 Å². The summed E-state index contributed by atoms with van der Waals surface area (Å²) in [5.74, 6) is -1.10. The van der Waals surface area contributed by atoms with Crippen LogP contribution < -0.4 is 16.4 Å². The highest BCUT2D eigenvalue weighted by Crippen LogP contribution is 2.39. The molecule has 1 aliphatic carbocycles. The van der Waals surface area contributed by atoms with E-state index in [1.807, 2.05) is 0 Å². The molecule has 0 aliphatic heterocycles. The van der Waals surface area contributed by atoms with E-state index in [9.17, 15) is 32.7 Å². The van der Waals surface area contributed by atoms with Crippen molar-refractivity contribution in [2.75, 3.05) is 29.5 Å². The average Bonchev–Trinajstić information content (AvgIpc) is 2.82. The zero-order valence-corrected chi connectivity index (χ0v) is 19.0. The third kappa shape index (κ3) is 4.56. The number of ketones is 2. The van der Waals surface area contributed by atoms with Gasteiger partial charge in [0.15, 0.2) is 11.6 Å². The minimum absolute atomic E-state index is 0.0271. The van der Waals surface area contributed by atoms with Crippen LogP contribution >= 0.6 is 0 Å². The summed E-state index contributed by atoms with van der Waals surface area (Å²) in [6, 6.07) is 13.1. The Balaban J connectivity index is 1.57. The molecule has 3 aromatic carbocycles. The van der Waals surface area contributed by atoms with Crippen molar-refractivity contribution in [3.05, 3.63) is 87.0 Å². The van der Waals surface area contributed by atoms with E-state index in [2.05, 4.69) is 10.6 Å². The molecule has 0 spiro atoms. The molecule has 0 radical (unpaired) electrons. The van der Waals surface area contributed by atoms with Crippen molar-refractivity contribution in [3.8, 4) is 0 Å². The lowest BCUT2D eigenvalue weighted by atomic mass is 9.82. The first kappa shape index (κ1) is 23.9. The van der Waals surface area contributed by atoms with Crippen LogP contribution in [-0.4, -0.2) is 42.5 Å². The predicted octanol–water partition coefficient (Wildman–Crippen LogP) is 3.11. The molecule has 11 nitrogen and oxygen atoms in total. The summed E-state index contributed by atoms with van der Waals surface area (Å²) in [6.45, 7) is 0.715. The number of nitrogen functional groups attached to an aromatic ring is 1. The maximum absolute atomic E-state index is 13.2. The first-order chi connectivity index (χ1) is 16.6. The molecule has 0 fully saturated rings. The Kier molecular flexibility index (Phi) is 6.24. The Morgan fingerprint density at radius 2 is 1.49 bits per heavy atom. The zero-order valence-electron chi connectivity index (χ0n) is 18.1. The van der Waals surface area contributed by atoms with Crippen molar-refractivity contribution < 1.29 is 27.5 Å². The number of nitro groups is 1. The molecule has 0 atom stereocenters. The van der Waals surface area contributed by atoms with Gasteiger partial charge >= 0.3 is 0 Å². The number of rotatable bonds is 8. The molecule has 0 saturated heterocycles. The molecule has 0 bridgehead atoms. The number of nitrogens with zero attached hydrogens (tertiary/aromatic N) is 1. The first-order valence-electron chi connectivity index (χ1n) is 10.4. The molecule has 0 amide bonds. The molecule has 0 heterocycles. The molecular formula is C23H20N4O7S. The van der Waals surface area contributed by atoms with Crippen LogP contribution in [0.3, 0.4) is 0 Å². The third-order valence-corrected chi connectivity index (χ3v) is 6.45. The smallest absolute Gasteiger partial charge is 0.296 e. The van der Waals surface area contributed by atoms with Crippen LogP contribution in [-0.2, 0) is 10.1 Å². The lowest BCUT2D eigenvalue weighted by molar-refractivity contribution is -0.384. The highest BCUT2D eigenvalue weighted by atomic mass is 32.2. The van der Waals surface area contributed by atoms with E-state index in [0.717, 1.165) is 6.07 Å². The number of anilines is 3. The van der Waals surface area contributed by atoms with Crippen LogP contribution in [0, 0.1) is 10.1 Å².